The summed E-state index contributed by atoms with van der Waals surface area (Å²) >= 11 is 1.39. The molecule has 4 rings (SSSR count). The molecule has 1 aliphatic rings. The Morgan fingerprint density at radius 1 is 1.22 bits per heavy atom. The number of nitrogens with zero attached hydrogens (tertiary/aromatic N) is 2. The second-order valence-electron chi connectivity index (χ2n) is 6.27. The number of halogens is 1. The second kappa shape index (κ2) is 6.55. The minimum absolute atomic E-state index is 0.0115. The molecule has 1 aliphatic heterocycles. The van der Waals surface area contributed by atoms with Gasteiger partial charge in [-0.1, -0.05) is 11.3 Å². The molecule has 0 radical (unpaired) electrons. The van der Waals surface area contributed by atoms with Crippen LogP contribution in [0.3, 0.4) is 0 Å². The highest BCUT2D eigenvalue weighted by molar-refractivity contribution is 7.89. The number of primary sulfonamides is 1. The molecule has 27 heavy (non-hydrogen) atoms. The fourth-order valence-electron chi connectivity index (χ4n) is 2.79. The Kier molecular flexibility index (Phi) is 4.33. The maximum absolute atomic E-state index is 13.3. The number of anilines is 2. The lowest BCUT2D eigenvalue weighted by Crippen LogP contribution is -2.52. The molecule has 3 aromatic rings. The molecule has 2 aromatic carbocycles. The number of amides is 1. The summed E-state index contributed by atoms with van der Waals surface area (Å²) in [6.45, 7) is 1.03. The van der Waals surface area contributed by atoms with Crippen LogP contribution in [-0.4, -0.2) is 32.4 Å². The van der Waals surface area contributed by atoms with Gasteiger partial charge >= 0.3 is 0 Å². The lowest BCUT2D eigenvalue weighted by atomic mass is 10.00. The zero-order valence-corrected chi connectivity index (χ0v) is 15.6. The number of nitrogens with two attached hydrogens (primary N) is 1. The van der Waals surface area contributed by atoms with Crippen molar-refractivity contribution in [2.24, 2.45) is 11.1 Å². The fourth-order valence-corrected chi connectivity index (χ4v) is 4.32. The monoisotopic (exact) mass is 406 g/mol. The third-order valence-corrected chi connectivity index (χ3v) is 6.32. The van der Waals surface area contributed by atoms with Crippen LogP contribution in [0.5, 0.6) is 0 Å². The Labute approximate surface area is 158 Å². The van der Waals surface area contributed by atoms with Crippen molar-refractivity contribution in [3.05, 3.63) is 48.3 Å². The SMILES string of the molecule is NS(=O)(=O)c1ccc(NC(=O)C2CN(c3nc4ccc(F)cc4s3)C2)cc1. The van der Waals surface area contributed by atoms with Crippen molar-refractivity contribution in [3.8, 4) is 0 Å². The van der Waals surface area contributed by atoms with E-state index in [1.165, 1.54) is 47.7 Å². The number of thiazole rings is 1. The van der Waals surface area contributed by atoms with Crippen molar-refractivity contribution in [3.63, 3.8) is 0 Å². The Bertz CT molecular complexity index is 1120. The quantitative estimate of drug-likeness (QED) is 0.691. The smallest absolute Gasteiger partial charge is 0.238 e. The largest absolute Gasteiger partial charge is 0.346 e. The number of carbonyl (C=O) groups is 1. The van der Waals surface area contributed by atoms with Gasteiger partial charge in [-0.2, -0.15) is 0 Å². The van der Waals surface area contributed by atoms with Crippen molar-refractivity contribution in [2.75, 3.05) is 23.3 Å². The van der Waals surface area contributed by atoms with Gasteiger partial charge in [0.1, 0.15) is 5.82 Å². The third-order valence-electron chi connectivity index (χ3n) is 4.31. The first kappa shape index (κ1) is 17.8. The summed E-state index contributed by atoms with van der Waals surface area (Å²) in [4.78, 5) is 18.7. The summed E-state index contributed by atoms with van der Waals surface area (Å²) in [5.41, 5.74) is 1.24. The number of nitrogens with one attached hydrogen (secondary N) is 1. The van der Waals surface area contributed by atoms with Gasteiger partial charge in [-0.15, -0.1) is 0 Å². The molecule has 1 fully saturated rings. The zero-order chi connectivity index (χ0) is 19.2. The van der Waals surface area contributed by atoms with E-state index in [4.69, 9.17) is 5.14 Å². The van der Waals surface area contributed by atoms with E-state index in [0.29, 0.717) is 18.8 Å². The minimum Gasteiger partial charge on any atom is -0.346 e. The molecule has 0 aliphatic carbocycles. The Morgan fingerprint density at radius 3 is 2.59 bits per heavy atom. The highest BCUT2D eigenvalue weighted by atomic mass is 32.2. The van der Waals surface area contributed by atoms with Crippen LogP contribution in [0.15, 0.2) is 47.4 Å². The van der Waals surface area contributed by atoms with Crippen molar-refractivity contribution in [1.29, 1.82) is 0 Å². The van der Waals surface area contributed by atoms with E-state index in [2.05, 4.69) is 10.3 Å². The van der Waals surface area contributed by atoms with Gasteiger partial charge in [0.05, 0.1) is 21.0 Å². The van der Waals surface area contributed by atoms with Crippen LogP contribution in [0, 0.1) is 11.7 Å². The topological polar surface area (TPSA) is 105 Å². The predicted octanol–water partition coefficient (Wildman–Crippen LogP) is 2.16. The molecule has 0 spiro atoms. The van der Waals surface area contributed by atoms with E-state index in [0.717, 1.165) is 15.3 Å². The van der Waals surface area contributed by atoms with Crippen molar-refractivity contribution in [1.82, 2.24) is 4.98 Å². The number of hydrogen-bond donors (Lipinski definition) is 2. The van der Waals surface area contributed by atoms with Crippen LogP contribution >= 0.6 is 11.3 Å². The summed E-state index contributed by atoms with van der Waals surface area (Å²) in [7, 11) is -3.76. The predicted molar refractivity (Wildman–Crippen MR) is 102 cm³/mol. The molecule has 10 heteroatoms. The number of sulfonamides is 1. The molecule has 1 aromatic heterocycles. The van der Waals surface area contributed by atoms with Gasteiger partial charge in [0.15, 0.2) is 5.13 Å². The molecule has 7 nitrogen and oxygen atoms in total. The maximum atomic E-state index is 13.3. The summed E-state index contributed by atoms with van der Waals surface area (Å²) in [5, 5.41) is 8.57. The van der Waals surface area contributed by atoms with Crippen LogP contribution in [0.25, 0.3) is 10.2 Å². The van der Waals surface area contributed by atoms with Crippen LogP contribution in [-0.2, 0) is 14.8 Å². The fraction of sp³-hybridized carbons (Fsp3) is 0.176. The third kappa shape index (κ3) is 3.64. The lowest BCUT2D eigenvalue weighted by Gasteiger charge is -2.37. The first-order valence-electron chi connectivity index (χ1n) is 8.04. The zero-order valence-electron chi connectivity index (χ0n) is 13.9. The molecule has 0 atom stereocenters. The average molecular weight is 406 g/mol. The molecule has 1 amide bonds. The number of hydrogen-bond acceptors (Lipinski definition) is 6. The van der Waals surface area contributed by atoms with Crippen molar-refractivity contribution in [2.45, 2.75) is 4.90 Å². The number of aromatic nitrogens is 1. The summed E-state index contributed by atoms with van der Waals surface area (Å²) in [6.07, 6.45) is 0. The molecule has 140 valence electrons. The van der Waals surface area contributed by atoms with Crippen molar-refractivity contribution >= 4 is 48.3 Å². The molecule has 0 unspecified atom stereocenters. The molecular weight excluding hydrogens is 391 g/mol. The highest BCUT2D eigenvalue weighted by Gasteiger charge is 2.34. The molecule has 2 heterocycles. The van der Waals surface area contributed by atoms with Gasteiger partial charge in [0.25, 0.3) is 0 Å². The first-order chi connectivity index (χ1) is 12.8. The van der Waals surface area contributed by atoms with E-state index >= 15 is 0 Å². The average Bonchev–Trinajstić information content (AvgIpc) is 2.95. The van der Waals surface area contributed by atoms with E-state index < -0.39 is 10.0 Å². The van der Waals surface area contributed by atoms with Crippen LogP contribution in [0.4, 0.5) is 15.2 Å². The molecular formula is C17H15FN4O3S2. The van der Waals surface area contributed by atoms with E-state index in [-0.39, 0.29) is 22.5 Å². The number of carbonyl (C=O) groups excluding carboxylic acids is 1. The Morgan fingerprint density at radius 2 is 1.93 bits per heavy atom. The van der Waals surface area contributed by atoms with Gasteiger partial charge in [-0.3, -0.25) is 4.79 Å². The van der Waals surface area contributed by atoms with Crippen LogP contribution in [0.1, 0.15) is 0 Å². The molecule has 0 saturated carbocycles. The van der Waals surface area contributed by atoms with Crippen molar-refractivity contribution < 1.29 is 17.6 Å². The molecule has 0 bridgehead atoms. The second-order valence-corrected chi connectivity index (χ2v) is 8.84. The van der Waals surface area contributed by atoms with E-state index in [9.17, 15) is 17.6 Å². The van der Waals surface area contributed by atoms with Gasteiger partial charge < -0.3 is 10.2 Å². The lowest BCUT2D eigenvalue weighted by molar-refractivity contribution is -0.120. The summed E-state index contributed by atoms with van der Waals surface area (Å²) in [5.74, 6) is -0.652. The maximum Gasteiger partial charge on any atom is 0.238 e. The highest BCUT2D eigenvalue weighted by Crippen LogP contribution is 2.33. The number of rotatable bonds is 4. The van der Waals surface area contributed by atoms with E-state index in [1.54, 1.807) is 6.07 Å². The minimum atomic E-state index is -3.76. The van der Waals surface area contributed by atoms with E-state index in [1.807, 2.05) is 4.90 Å². The Hall–Kier alpha value is -2.56. The molecule has 1 saturated heterocycles. The van der Waals surface area contributed by atoms with Crippen LogP contribution in [0.2, 0.25) is 0 Å². The molecule has 3 N–H and O–H groups in total. The van der Waals surface area contributed by atoms with Crippen LogP contribution < -0.4 is 15.4 Å². The number of fused-ring (bicyclic) bond motifs is 1. The standard InChI is InChI=1S/C17H15FN4O3S2/c18-11-1-6-14-15(7-11)26-17(21-14)22-8-10(9-22)16(23)20-12-2-4-13(5-3-12)27(19,24)25/h1-7,10H,8-9H2,(H,20,23)(H2,19,24,25). The van der Waals surface area contributed by atoms with Gasteiger partial charge in [0.2, 0.25) is 15.9 Å². The first-order valence-corrected chi connectivity index (χ1v) is 10.4. The summed E-state index contributed by atoms with van der Waals surface area (Å²) < 4.78 is 36.5. The van der Waals surface area contributed by atoms with Gasteiger partial charge in [-0.05, 0) is 42.5 Å². The normalized spacial score (nSPS) is 15.0. The Balaban J connectivity index is 1.38. The van der Waals surface area contributed by atoms with Gasteiger partial charge in [-0.25, -0.2) is 22.9 Å². The number of benzene rings is 2. The summed E-state index contributed by atoms with van der Waals surface area (Å²) in [6, 6.07) is 10.1. The van der Waals surface area contributed by atoms with Gasteiger partial charge in [0, 0.05) is 18.8 Å².